The molecule has 0 heterocycles. The summed E-state index contributed by atoms with van der Waals surface area (Å²) in [5.74, 6) is -0.376. The van der Waals surface area contributed by atoms with Crippen molar-refractivity contribution < 1.29 is 9.50 Å². The summed E-state index contributed by atoms with van der Waals surface area (Å²) in [6.45, 7) is 4.86. The van der Waals surface area contributed by atoms with Crippen LogP contribution < -0.4 is 0 Å². The van der Waals surface area contributed by atoms with Gasteiger partial charge in [0.05, 0.1) is 5.60 Å². The van der Waals surface area contributed by atoms with Gasteiger partial charge in [0.2, 0.25) is 0 Å². The Morgan fingerprint density at radius 2 is 1.92 bits per heavy atom. The summed E-state index contributed by atoms with van der Waals surface area (Å²) < 4.78 is 13.0. The highest BCUT2D eigenvalue weighted by atomic mass is 35.5. The Labute approximate surface area is 82.2 Å². The largest absolute Gasteiger partial charge is 0.386 e. The van der Waals surface area contributed by atoms with Crippen LogP contribution >= 0.6 is 11.6 Å². The molecule has 3 heteroatoms. The molecule has 1 rings (SSSR count). The fourth-order valence-corrected chi connectivity index (χ4v) is 1.51. The Morgan fingerprint density at radius 3 is 2.38 bits per heavy atom. The van der Waals surface area contributed by atoms with E-state index in [1.165, 1.54) is 12.1 Å². The number of hydrogen-bond donors (Lipinski definition) is 1. The molecule has 13 heavy (non-hydrogen) atoms. The van der Waals surface area contributed by atoms with Gasteiger partial charge in [-0.05, 0) is 38.5 Å². The molecule has 0 amide bonds. The number of halogens is 2. The van der Waals surface area contributed by atoms with Crippen molar-refractivity contribution >= 4 is 11.6 Å². The highest BCUT2D eigenvalue weighted by molar-refractivity contribution is 6.32. The molecule has 0 radical (unpaired) electrons. The summed E-state index contributed by atoms with van der Waals surface area (Å²) in [6, 6.07) is 2.60. The maximum absolute atomic E-state index is 13.0. The molecular formula is C10H12ClFO. The van der Waals surface area contributed by atoms with Crippen molar-refractivity contribution in [3.63, 3.8) is 0 Å². The van der Waals surface area contributed by atoms with Crippen LogP contribution in [0.5, 0.6) is 0 Å². The lowest BCUT2D eigenvalue weighted by atomic mass is 9.96. The maximum atomic E-state index is 13.0. The lowest BCUT2D eigenvalue weighted by Gasteiger charge is -2.20. The quantitative estimate of drug-likeness (QED) is 0.742. The Hall–Kier alpha value is -0.600. The van der Waals surface area contributed by atoms with Crippen LogP contribution in [0.15, 0.2) is 12.1 Å². The van der Waals surface area contributed by atoms with E-state index in [1.54, 1.807) is 20.8 Å². The molecule has 0 aliphatic heterocycles. The minimum absolute atomic E-state index is 0.376. The average Bonchev–Trinajstić information content (AvgIpc) is 1.94. The van der Waals surface area contributed by atoms with Gasteiger partial charge in [-0.1, -0.05) is 11.6 Å². The van der Waals surface area contributed by atoms with Crippen LogP contribution in [-0.4, -0.2) is 5.11 Å². The molecule has 0 atom stereocenters. The first kappa shape index (κ1) is 10.5. The predicted octanol–water partition coefficient (Wildman–Crippen LogP) is 3.01. The molecule has 0 saturated carbocycles. The van der Waals surface area contributed by atoms with Crippen molar-refractivity contribution in [3.05, 3.63) is 34.1 Å². The molecule has 0 saturated heterocycles. The van der Waals surface area contributed by atoms with Crippen molar-refractivity contribution in [2.24, 2.45) is 0 Å². The zero-order chi connectivity index (χ0) is 10.2. The second-order valence-electron chi connectivity index (χ2n) is 3.64. The van der Waals surface area contributed by atoms with Crippen LogP contribution in [0.4, 0.5) is 4.39 Å². The van der Waals surface area contributed by atoms with E-state index in [0.717, 1.165) is 0 Å². The summed E-state index contributed by atoms with van der Waals surface area (Å²) in [5, 5.41) is 10.1. The van der Waals surface area contributed by atoms with Crippen molar-refractivity contribution in [2.45, 2.75) is 26.4 Å². The van der Waals surface area contributed by atoms with Crippen molar-refractivity contribution in [1.29, 1.82) is 0 Å². The molecule has 0 spiro atoms. The fourth-order valence-electron chi connectivity index (χ4n) is 1.17. The first-order valence-electron chi connectivity index (χ1n) is 4.01. The molecule has 0 aliphatic rings. The zero-order valence-electron chi connectivity index (χ0n) is 7.86. The highest BCUT2D eigenvalue weighted by Crippen LogP contribution is 2.30. The molecule has 72 valence electrons. The number of benzene rings is 1. The van der Waals surface area contributed by atoms with E-state index < -0.39 is 5.60 Å². The van der Waals surface area contributed by atoms with E-state index in [2.05, 4.69) is 0 Å². The van der Waals surface area contributed by atoms with Gasteiger partial charge in [0, 0.05) is 10.6 Å². The zero-order valence-corrected chi connectivity index (χ0v) is 8.61. The third-order valence-electron chi connectivity index (χ3n) is 1.88. The van der Waals surface area contributed by atoms with Crippen LogP contribution in [0.25, 0.3) is 0 Å². The first-order valence-corrected chi connectivity index (χ1v) is 4.38. The summed E-state index contributed by atoms with van der Waals surface area (Å²) in [4.78, 5) is 0. The Morgan fingerprint density at radius 1 is 1.38 bits per heavy atom. The molecule has 0 unspecified atom stereocenters. The average molecular weight is 203 g/mol. The molecule has 0 aromatic heterocycles. The van der Waals surface area contributed by atoms with Crippen molar-refractivity contribution in [2.75, 3.05) is 0 Å². The first-order chi connectivity index (χ1) is 5.82. The van der Waals surface area contributed by atoms with Crippen LogP contribution in [0.1, 0.15) is 25.0 Å². The van der Waals surface area contributed by atoms with Gasteiger partial charge in [0.15, 0.2) is 0 Å². The Balaban J connectivity index is 3.37. The van der Waals surface area contributed by atoms with Gasteiger partial charge in [-0.3, -0.25) is 0 Å². The van der Waals surface area contributed by atoms with Gasteiger partial charge < -0.3 is 5.11 Å². The topological polar surface area (TPSA) is 20.2 Å². The molecule has 1 aromatic rings. The molecule has 1 aromatic carbocycles. The number of aliphatic hydroxyl groups is 1. The number of rotatable bonds is 1. The van der Waals surface area contributed by atoms with E-state index in [4.69, 9.17) is 11.6 Å². The van der Waals surface area contributed by atoms with Gasteiger partial charge in [-0.25, -0.2) is 4.39 Å². The lowest BCUT2D eigenvalue weighted by molar-refractivity contribution is 0.0783. The van der Waals surface area contributed by atoms with Crippen LogP contribution in [-0.2, 0) is 5.60 Å². The number of aryl methyl sites for hydroxylation is 1. The van der Waals surface area contributed by atoms with E-state index in [0.29, 0.717) is 16.1 Å². The van der Waals surface area contributed by atoms with Gasteiger partial charge in [0.1, 0.15) is 5.82 Å². The van der Waals surface area contributed by atoms with Gasteiger partial charge in [-0.2, -0.15) is 0 Å². The molecule has 1 nitrogen and oxygen atoms in total. The summed E-state index contributed by atoms with van der Waals surface area (Å²) in [5.41, 5.74) is -0.0466. The van der Waals surface area contributed by atoms with Crippen LogP contribution in [0.2, 0.25) is 5.02 Å². The summed E-state index contributed by atoms with van der Waals surface area (Å²) in [7, 11) is 0. The minimum atomic E-state index is -1.11. The molecular weight excluding hydrogens is 191 g/mol. The third kappa shape index (κ3) is 2.20. The minimum Gasteiger partial charge on any atom is -0.386 e. The standard InChI is InChI=1S/C10H12ClFO/c1-6-4-7(12)5-8(9(6)11)10(2,3)13/h4-5,13H,1-3H3. The second kappa shape index (κ2) is 3.28. The van der Waals surface area contributed by atoms with Gasteiger partial charge in [-0.15, -0.1) is 0 Å². The normalized spacial score (nSPS) is 11.8. The number of hydrogen-bond acceptors (Lipinski definition) is 1. The van der Waals surface area contributed by atoms with Crippen molar-refractivity contribution in [1.82, 2.24) is 0 Å². The van der Waals surface area contributed by atoms with Gasteiger partial charge >= 0.3 is 0 Å². The highest BCUT2D eigenvalue weighted by Gasteiger charge is 2.21. The fraction of sp³-hybridized carbons (Fsp3) is 0.400. The second-order valence-corrected chi connectivity index (χ2v) is 4.02. The SMILES string of the molecule is Cc1cc(F)cc(C(C)(C)O)c1Cl. The Bertz CT molecular complexity index is 328. The summed E-state index contributed by atoms with van der Waals surface area (Å²) >= 11 is 5.92. The van der Waals surface area contributed by atoms with Crippen LogP contribution in [0.3, 0.4) is 0 Å². The lowest BCUT2D eigenvalue weighted by Crippen LogP contribution is -2.16. The van der Waals surface area contributed by atoms with Crippen LogP contribution in [0, 0.1) is 12.7 Å². The molecule has 1 N–H and O–H groups in total. The van der Waals surface area contributed by atoms with E-state index in [1.807, 2.05) is 0 Å². The molecule has 0 bridgehead atoms. The monoisotopic (exact) mass is 202 g/mol. The summed E-state index contributed by atoms with van der Waals surface area (Å²) in [6.07, 6.45) is 0. The smallest absolute Gasteiger partial charge is 0.123 e. The Kier molecular flexibility index (Phi) is 2.64. The van der Waals surface area contributed by atoms with E-state index in [-0.39, 0.29) is 5.82 Å². The maximum Gasteiger partial charge on any atom is 0.123 e. The van der Waals surface area contributed by atoms with Gasteiger partial charge in [0.25, 0.3) is 0 Å². The van der Waals surface area contributed by atoms with E-state index in [9.17, 15) is 9.50 Å². The third-order valence-corrected chi connectivity index (χ3v) is 2.38. The van der Waals surface area contributed by atoms with Crippen molar-refractivity contribution in [3.8, 4) is 0 Å². The molecule has 0 aliphatic carbocycles. The predicted molar refractivity (Wildman–Crippen MR) is 51.4 cm³/mol. The van der Waals surface area contributed by atoms with E-state index >= 15 is 0 Å². The molecule has 0 fully saturated rings.